The summed E-state index contributed by atoms with van der Waals surface area (Å²) in [4.78, 5) is 60.4. The normalized spacial score (nSPS) is 24.2. The van der Waals surface area contributed by atoms with Gasteiger partial charge < -0.3 is 28.4 Å². The molecule has 0 unspecified atom stereocenters. The molecule has 0 amide bonds. The first-order chi connectivity index (χ1) is 16.2. The number of carbonyl (C=O) groups excluding carboxylic acids is 5. The number of ether oxygens (including phenoxy) is 6. The maximum atomic E-state index is 12.4. The Kier molecular flexibility index (Phi) is 12.9. The van der Waals surface area contributed by atoms with Crippen LogP contribution in [0.15, 0.2) is 12.2 Å². The number of hydrogen-bond acceptors (Lipinski definition) is 11. The summed E-state index contributed by atoms with van der Waals surface area (Å²) in [7, 11) is 1.14. The van der Waals surface area contributed by atoms with E-state index >= 15 is 0 Å². The van der Waals surface area contributed by atoms with Crippen molar-refractivity contribution < 1.29 is 52.4 Å². The molecule has 1 saturated heterocycles. The molecule has 0 N–H and O–H groups in total. The lowest BCUT2D eigenvalue weighted by molar-refractivity contribution is -0.293. The highest BCUT2D eigenvalue weighted by atomic mass is 16.7. The van der Waals surface area contributed by atoms with Gasteiger partial charge in [-0.3, -0.25) is 14.4 Å². The van der Waals surface area contributed by atoms with Crippen molar-refractivity contribution in [3.05, 3.63) is 12.2 Å². The number of hydrogen-bond donors (Lipinski definition) is 0. The fourth-order valence-electron chi connectivity index (χ4n) is 3.09. The summed E-state index contributed by atoms with van der Waals surface area (Å²) in [6.45, 7) is 6.89. The fraction of sp³-hybridized carbons (Fsp3) is 0.696. The predicted molar refractivity (Wildman–Crippen MR) is 116 cm³/mol. The highest BCUT2D eigenvalue weighted by Crippen LogP contribution is 2.30. The highest BCUT2D eigenvalue weighted by Gasteiger charge is 2.52. The van der Waals surface area contributed by atoms with Crippen molar-refractivity contribution in [2.45, 2.75) is 96.9 Å². The Labute approximate surface area is 199 Å². The van der Waals surface area contributed by atoms with E-state index < -0.39 is 60.6 Å². The van der Waals surface area contributed by atoms with Crippen LogP contribution in [0.1, 0.15) is 66.2 Å². The van der Waals surface area contributed by atoms with Gasteiger partial charge in [0.1, 0.15) is 0 Å². The molecule has 1 fully saturated rings. The van der Waals surface area contributed by atoms with Gasteiger partial charge in [-0.15, -0.1) is 0 Å². The third-order valence-corrected chi connectivity index (χ3v) is 4.68. The topological polar surface area (TPSA) is 141 Å². The Morgan fingerprint density at radius 3 is 1.59 bits per heavy atom. The minimum Gasteiger partial charge on any atom is -0.466 e. The minimum absolute atomic E-state index is 0.0465. The van der Waals surface area contributed by atoms with Gasteiger partial charge in [0.05, 0.1) is 13.2 Å². The van der Waals surface area contributed by atoms with Crippen LogP contribution in [0.25, 0.3) is 0 Å². The molecule has 0 radical (unpaired) electrons. The molecule has 0 saturated carbocycles. The summed E-state index contributed by atoms with van der Waals surface area (Å²) in [6, 6.07) is 0. The van der Waals surface area contributed by atoms with E-state index in [4.69, 9.17) is 23.7 Å². The van der Waals surface area contributed by atoms with Crippen LogP contribution in [-0.4, -0.2) is 67.7 Å². The molecule has 1 rings (SSSR count). The maximum Gasteiger partial charge on any atom is 0.333 e. The van der Waals surface area contributed by atoms with Gasteiger partial charge in [-0.05, 0) is 26.2 Å². The van der Waals surface area contributed by atoms with Crippen LogP contribution in [-0.2, 0) is 52.4 Å². The summed E-state index contributed by atoms with van der Waals surface area (Å²) < 4.78 is 31.9. The zero-order chi connectivity index (χ0) is 25.7. The van der Waals surface area contributed by atoms with Gasteiger partial charge in [-0.1, -0.05) is 20.8 Å². The largest absolute Gasteiger partial charge is 0.466 e. The SMILES string of the molecule is CCCC(=O)O[C@@H]1[C@@H](OC(=O)CCC)[C@H](C)O[C@H](OC(=O)/C=C/C(=O)OC)[C@@H]1OC(=O)CCC. The average molecular weight is 487 g/mol. The highest BCUT2D eigenvalue weighted by molar-refractivity contribution is 5.91. The first-order valence-corrected chi connectivity index (χ1v) is 11.4. The van der Waals surface area contributed by atoms with Crippen LogP contribution in [0.3, 0.4) is 0 Å². The molecular weight excluding hydrogens is 452 g/mol. The van der Waals surface area contributed by atoms with Gasteiger partial charge in [0.15, 0.2) is 12.2 Å². The zero-order valence-corrected chi connectivity index (χ0v) is 20.3. The maximum absolute atomic E-state index is 12.4. The molecule has 192 valence electrons. The van der Waals surface area contributed by atoms with Gasteiger partial charge >= 0.3 is 29.8 Å². The average Bonchev–Trinajstić information content (AvgIpc) is 2.77. The van der Waals surface area contributed by atoms with Crippen molar-refractivity contribution in [1.82, 2.24) is 0 Å². The Morgan fingerprint density at radius 2 is 1.12 bits per heavy atom. The molecule has 11 nitrogen and oxygen atoms in total. The minimum atomic E-state index is -1.49. The van der Waals surface area contributed by atoms with Crippen LogP contribution in [0, 0.1) is 0 Å². The lowest BCUT2D eigenvalue weighted by Crippen LogP contribution is -2.61. The lowest BCUT2D eigenvalue weighted by atomic mass is 9.98. The van der Waals surface area contributed by atoms with E-state index in [9.17, 15) is 24.0 Å². The Hall–Kier alpha value is -2.95. The van der Waals surface area contributed by atoms with Crippen LogP contribution in [0.4, 0.5) is 0 Å². The van der Waals surface area contributed by atoms with Crippen LogP contribution < -0.4 is 0 Å². The Balaban J connectivity index is 3.28. The molecule has 0 bridgehead atoms. The summed E-state index contributed by atoms with van der Waals surface area (Å²) in [5.74, 6) is -3.57. The third kappa shape index (κ3) is 9.50. The van der Waals surface area contributed by atoms with Crippen LogP contribution in [0.5, 0.6) is 0 Å². The van der Waals surface area contributed by atoms with Gasteiger partial charge in [-0.2, -0.15) is 0 Å². The van der Waals surface area contributed by atoms with Crippen molar-refractivity contribution >= 4 is 29.8 Å². The summed E-state index contributed by atoms with van der Waals surface area (Å²) in [5.41, 5.74) is 0. The molecule has 1 aliphatic heterocycles. The van der Waals surface area contributed by atoms with E-state index in [0.717, 1.165) is 19.3 Å². The van der Waals surface area contributed by atoms with Gasteiger partial charge in [0, 0.05) is 31.4 Å². The molecule has 0 aromatic carbocycles. The Morgan fingerprint density at radius 1 is 0.676 bits per heavy atom. The molecule has 34 heavy (non-hydrogen) atoms. The second-order valence-corrected chi connectivity index (χ2v) is 7.62. The number of esters is 5. The monoisotopic (exact) mass is 486 g/mol. The van der Waals surface area contributed by atoms with E-state index in [1.165, 1.54) is 0 Å². The van der Waals surface area contributed by atoms with E-state index in [0.29, 0.717) is 19.3 Å². The van der Waals surface area contributed by atoms with Crippen molar-refractivity contribution in [2.24, 2.45) is 0 Å². The quantitative estimate of drug-likeness (QED) is 0.227. The molecule has 5 atom stereocenters. The molecule has 11 heteroatoms. The predicted octanol–water partition coefficient (Wildman–Crippen LogP) is 2.14. The third-order valence-electron chi connectivity index (χ3n) is 4.68. The molecule has 0 spiro atoms. The summed E-state index contributed by atoms with van der Waals surface area (Å²) in [5, 5.41) is 0. The van der Waals surface area contributed by atoms with Gasteiger partial charge in [0.2, 0.25) is 12.4 Å². The number of rotatable bonds is 12. The lowest BCUT2D eigenvalue weighted by Gasteiger charge is -2.43. The van der Waals surface area contributed by atoms with Crippen molar-refractivity contribution in [3.8, 4) is 0 Å². The fourth-order valence-corrected chi connectivity index (χ4v) is 3.09. The summed E-state index contributed by atoms with van der Waals surface area (Å²) in [6.07, 6.45) is -2.78. The molecular formula is C23H34O11. The van der Waals surface area contributed by atoms with E-state index in [1.54, 1.807) is 27.7 Å². The van der Waals surface area contributed by atoms with Crippen molar-refractivity contribution in [3.63, 3.8) is 0 Å². The molecule has 1 aliphatic rings. The van der Waals surface area contributed by atoms with Crippen LogP contribution in [0.2, 0.25) is 0 Å². The van der Waals surface area contributed by atoms with E-state index in [2.05, 4.69) is 4.74 Å². The standard InChI is InChI=1S/C23H34O11/c1-6-9-16(25)31-20-14(4)30-23(34-19(28)13-12-15(24)29-5)22(33-18(27)11-8-3)21(20)32-17(26)10-7-2/h12-14,20-23H,6-11H2,1-5H3/b13-12+/t14-,20-,21+,22+,23+/m0/s1. The molecule has 0 aliphatic carbocycles. The first-order valence-electron chi connectivity index (χ1n) is 11.4. The zero-order valence-electron chi connectivity index (χ0n) is 20.3. The second-order valence-electron chi connectivity index (χ2n) is 7.62. The van der Waals surface area contributed by atoms with Crippen molar-refractivity contribution in [1.29, 1.82) is 0 Å². The van der Waals surface area contributed by atoms with E-state index in [1.807, 2.05) is 0 Å². The van der Waals surface area contributed by atoms with Crippen LogP contribution >= 0.6 is 0 Å². The molecule has 1 heterocycles. The van der Waals surface area contributed by atoms with Crippen molar-refractivity contribution in [2.75, 3.05) is 7.11 Å². The smallest absolute Gasteiger partial charge is 0.333 e. The summed E-state index contributed by atoms with van der Waals surface area (Å²) >= 11 is 0. The Bertz CT molecular complexity index is 745. The first kappa shape index (κ1) is 29.1. The molecule has 0 aromatic rings. The second kappa shape index (κ2) is 15.0. The van der Waals surface area contributed by atoms with E-state index in [-0.39, 0.29) is 19.3 Å². The molecule has 0 aromatic heterocycles. The van der Waals surface area contributed by atoms with Gasteiger partial charge in [0.25, 0.3) is 0 Å². The number of carbonyl (C=O) groups is 5. The van der Waals surface area contributed by atoms with Gasteiger partial charge in [-0.25, -0.2) is 9.59 Å². The number of methoxy groups -OCH3 is 1.